The number of aromatic nitrogens is 3. The first kappa shape index (κ1) is 12.7. The van der Waals surface area contributed by atoms with Crippen molar-refractivity contribution in [2.24, 2.45) is 5.73 Å². The maximum atomic E-state index is 11.5. The SMILES string of the molecule is CC(N)CCCCSc1n[nH]c(=O)n1C1CC1. The van der Waals surface area contributed by atoms with Crippen LogP contribution in [0.25, 0.3) is 0 Å². The molecule has 1 aromatic rings. The Hall–Kier alpha value is -0.750. The highest BCUT2D eigenvalue weighted by atomic mass is 32.2. The van der Waals surface area contributed by atoms with Gasteiger partial charge < -0.3 is 5.73 Å². The normalized spacial score (nSPS) is 17.3. The molecule has 2 rings (SSSR count). The molecule has 1 saturated carbocycles. The molecule has 17 heavy (non-hydrogen) atoms. The number of nitrogens with two attached hydrogens (primary N) is 1. The van der Waals surface area contributed by atoms with E-state index in [0.717, 1.165) is 43.0 Å². The van der Waals surface area contributed by atoms with Crippen molar-refractivity contribution in [3.05, 3.63) is 10.5 Å². The molecule has 0 spiro atoms. The van der Waals surface area contributed by atoms with Crippen LogP contribution in [-0.2, 0) is 0 Å². The molecule has 1 atom stereocenters. The summed E-state index contributed by atoms with van der Waals surface area (Å²) < 4.78 is 1.80. The van der Waals surface area contributed by atoms with E-state index in [0.29, 0.717) is 6.04 Å². The Balaban J connectivity index is 1.77. The zero-order valence-corrected chi connectivity index (χ0v) is 11.0. The number of H-pyrrole nitrogens is 1. The van der Waals surface area contributed by atoms with Gasteiger partial charge in [0, 0.05) is 17.8 Å². The van der Waals surface area contributed by atoms with E-state index < -0.39 is 0 Å². The molecule has 1 unspecified atom stereocenters. The smallest absolute Gasteiger partial charge is 0.328 e. The second-order valence-corrected chi connectivity index (χ2v) is 5.80. The number of hydrogen-bond donors (Lipinski definition) is 2. The lowest BCUT2D eigenvalue weighted by molar-refractivity contribution is 0.616. The van der Waals surface area contributed by atoms with Crippen molar-refractivity contribution in [2.45, 2.75) is 56.3 Å². The summed E-state index contributed by atoms with van der Waals surface area (Å²) in [4.78, 5) is 11.5. The lowest BCUT2D eigenvalue weighted by Crippen LogP contribution is -2.16. The zero-order valence-electron chi connectivity index (χ0n) is 10.2. The molecule has 0 bridgehead atoms. The van der Waals surface area contributed by atoms with Gasteiger partial charge in [-0.1, -0.05) is 18.2 Å². The Morgan fingerprint density at radius 1 is 1.59 bits per heavy atom. The van der Waals surface area contributed by atoms with E-state index in [9.17, 15) is 4.79 Å². The Bertz CT molecular complexity index is 408. The van der Waals surface area contributed by atoms with E-state index >= 15 is 0 Å². The maximum Gasteiger partial charge on any atom is 0.344 e. The number of nitrogens with one attached hydrogen (secondary N) is 1. The van der Waals surface area contributed by atoms with Crippen LogP contribution in [0.2, 0.25) is 0 Å². The van der Waals surface area contributed by atoms with Crippen LogP contribution in [0.1, 0.15) is 45.1 Å². The molecule has 1 aliphatic rings. The third kappa shape index (κ3) is 3.61. The van der Waals surface area contributed by atoms with Gasteiger partial charge in [-0.3, -0.25) is 4.57 Å². The van der Waals surface area contributed by atoms with Crippen LogP contribution in [-0.4, -0.2) is 26.6 Å². The van der Waals surface area contributed by atoms with Crippen molar-refractivity contribution >= 4 is 11.8 Å². The summed E-state index contributed by atoms with van der Waals surface area (Å²) in [7, 11) is 0. The average Bonchev–Trinajstić information content (AvgIpc) is 3.03. The molecule has 1 heterocycles. The van der Waals surface area contributed by atoms with Gasteiger partial charge in [-0.05, 0) is 32.6 Å². The topological polar surface area (TPSA) is 76.7 Å². The standard InChI is InChI=1S/C11H20N4OS/c1-8(12)4-2-3-7-17-11-14-13-10(16)15(11)9-5-6-9/h8-9H,2-7,12H2,1H3,(H,13,16). The van der Waals surface area contributed by atoms with Crippen LogP contribution in [0, 0.1) is 0 Å². The summed E-state index contributed by atoms with van der Waals surface area (Å²) in [5.41, 5.74) is 5.63. The lowest BCUT2D eigenvalue weighted by atomic mass is 10.2. The van der Waals surface area contributed by atoms with Gasteiger partial charge in [0.05, 0.1) is 0 Å². The van der Waals surface area contributed by atoms with Gasteiger partial charge in [0.1, 0.15) is 0 Å². The van der Waals surface area contributed by atoms with Gasteiger partial charge in [0.2, 0.25) is 0 Å². The van der Waals surface area contributed by atoms with Gasteiger partial charge in [0.15, 0.2) is 5.16 Å². The molecule has 0 amide bonds. The molecule has 1 aliphatic carbocycles. The van der Waals surface area contributed by atoms with E-state index in [1.807, 2.05) is 6.92 Å². The molecule has 5 nitrogen and oxygen atoms in total. The number of unbranched alkanes of at least 4 members (excludes halogenated alkanes) is 1. The number of hydrogen-bond acceptors (Lipinski definition) is 4. The number of nitrogens with zero attached hydrogens (tertiary/aromatic N) is 2. The lowest BCUT2D eigenvalue weighted by Gasteiger charge is -2.05. The molecule has 0 saturated heterocycles. The molecular formula is C11H20N4OS. The second-order valence-electron chi connectivity index (χ2n) is 4.73. The van der Waals surface area contributed by atoms with E-state index in [1.54, 1.807) is 16.3 Å². The van der Waals surface area contributed by atoms with Gasteiger partial charge in [0.25, 0.3) is 0 Å². The fourth-order valence-corrected chi connectivity index (χ4v) is 2.79. The van der Waals surface area contributed by atoms with E-state index in [2.05, 4.69) is 10.2 Å². The van der Waals surface area contributed by atoms with Crippen LogP contribution < -0.4 is 11.4 Å². The number of aromatic amines is 1. The average molecular weight is 256 g/mol. The minimum absolute atomic E-state index is 0.0643. The van der Waals surface area contributed by atoms with Crippen molar-refractivity contribution in [3.63, 3.8) is 0 Å². The van der Waals surface area contributed by atoms with Gasteiger partial charge >= 0.3 is 5.69 Å². The van der Waals surface area contributed by atoms with Gasteiger partial charge in [-0.15, -0.1) is 5.10 Å². The second kappa shape index (κ2) is 5.73. The van der Waals surface area contributed by atoms with Crippen LogP contribution >= 0.6 is 11.8 Å². The first-order valence-electron chi connectivity index (χ1n) is 6.23. The third-order valence-corrected chi connectivity index (χ3v) is 3.91. The largest absolute Gasteiger partial charge is 0.344 e. The van der Waals surface area contributed by atoms with Gasteiger partial charge in [-0.25, -0.2) is 9.89 Å². The minimum Gasteiger partial charge on any atom is -0.328 e. The van der Waals surface area contributed by atoms with Crippen molar-refractivity contribution in [1.29, 1.82) is 0 Å². The van der Waals surface area contributed by atoms with E-state index in [4.69, 9.17) is 5.73 Å². The minimum atomic E-state index is -0.0643. The van der Waals surface area contributed by atoms with E-state index in [1.165, 1.54) is 0 Å². The molecule has 3 N–H and O–H groups in total. The molecule has 1 aromatic heterocycles. The Morgan fingerprint density at radius 2 is 2.35 bits per heavy atom. The maximum absolute atomic E-state index is 11.5. The van der Waals surface area contributed by atoms with Crippen LogP contribution in [0.5, 0.6) is 0 Å². The molecular weight excluding hydrogens is 236 g/mol. The zero-order chi connectivity index (χ0) is 12.3. The molecule has 1 fully saturated rings. The predicted octanol–water partition coefficient (Wildman–Crippen LogP) is 1.52. The molecule has 0 aliphatic heterocycles. The number of rotatable bonds is 7. The summed E-state index contributed by atoms with van der Waals surface area (Å²) in [6.45, 7) is 2.03. The first-order valence-corrected chi connectivity index (χ1v) is 7.22. The van der Waals surface area contributed by atoms with Crippen LogP contribution in [0.3, 0.4) is 0 Å². The summed E-state index contributed by atoms with van der Waals surface area (Å²) in [5.74, 6) is 1.00. The summed E-state index contributed by atoms with van der Waals surface area (Å²) in [5, 5.41) is 7.45. The molecule has 0 radical (unpaired) electrons. The number of thioether (sulfide) groups is 1. The highest BCUT2D eigenvalue weighted by Gasteiger charge is 2.28. The van der Waals surface area contributed by atoms with Crippen molar-refractivity contribution < 1.29 is 0 Å². The fourth-order valence-electron chi connectivity index (χ4n) is 1.78. The van der Waals surface area contributed by atoms with Crippen LogP contribution in [0.4, 0.5) is 0 Å². The first-order chi connectivity index (χ1) is 8.18. The summed E-state index contributed by atoms with van der Waals surface area (Å²) >= 11 is 1.67. The highest BCUT2D eigenvalue weighted by Crippen LogP contribution is 2.36. The predicted molar refractivity (Wildman–Crippen MR) is 69.3 cm³/mol. The molecule has 96 valence electrons. The monoisotopic (exact) mass is 256 g/mol. The summed E-state index contributed by atoms with van der Waals surface area (Å²) in [6.07, 6.45) is 5.55. The Labute approximate surface area is 105 Å². The highest BCUT2D eigenvalue weighted by molar-refractivity contribution is 7.99. The van der Waals surface area contributed by atoms with Crippen molar-refractivity contribution in [1.82, 2.24) is 14.8 Å². The summed E-state index contributed by atoms with van der Waals surface area (Å²) in [6, 6.07) is 0.683. The Morgan fingerprint density at radius 3 is 3.00 bits per heavy atom. The fraction of sp³-hybridized carbons (Fsp3) is 0.818. The van der Waals surface area contributed by atoms with Crippen molar-refractivity contribution in [2.75, 3.05) is 5.75 Å². The van der Waals surface area contributed by atoms with Gasteiger partial charge in [-0.2, -0.15) is 0 Å². The van der Waals surface area contributed by atoms with E-state index in [-0.39, 0.29) is 11.7 Å². The van der Waals surface area contributed by atoms with Crippen LogP contribution in [0.15, 0.2) is 9.95 Å². The molecule has 6 heteroatoms. The van der Waals surface area contributed by atoms with Crippen molar-refractivity contribution in [3.8, 4) is 0 Å². The quantitative estimate of drug-likeness (QED) is 0.573. The molecule has 0 aromatic carbocycles. The Kier molecular flexibility index (Phi) is 4.28. The third-order valence-electron chi connectivity index (χ3n) is 2.87.